The molecular formula is C18H18ClN3O2. The summed E-state index contributed by atoms with van der Waals surface area (Å²) >= 11 is 5.94. The molecule has 3 aromatic rings. The van der Waals surface area contributed by atoms with Crippen molar-refractivity contribution in [1.82, 2.24) is 14.7 Å². The molecule has 0 aliphatic carbocycles. The van der Waals surface area contributed by atoms with E-state index >= 15 is 0 Å². The summed E-state index contributed by atoms with van der Waals surface area (Å²) < 4.78 is 7.45. The summed E-state index contributed by atoms with van der Waals surface area (Å²) in [5.74, 6) is 0.540. The van der Waals surface area contributed by atoms with Crippen LogP contribution >= 0.6 is 11.6 Å². The van der Waals surface area contributed by atoms with E-state index in [9.17, 15) is 4.79 Å². The number of carbonyl (C=O) groups excluding carboxylic acids is 1. The first-order valence-corrected chi connectivity index (χ1v) is 7.99. The van der Waals surface area contributed by atoms with Gasteiger partial charge in [0, 0.05) is 17.4 Å². The highest BCUT2D eigenvalue weighted by atomic mass is 35.5. The second-order valence-electron chi connectivity index (χ2n) is 5.61. The van der Waals surface area contributed by atoms with Crippen molar-refractivity contribution in [3.05, 3.63) is 64.6 Å². The zero-order valence-electron chi connectivity index (χ0n) is 13.5. The number of ether oxygens (including phenoxy) is 1. The van der Waals surface area contributed by atoms with E-state index in [1.54, 1.807) is 12.1 Å². The van der Waals surface area contributed by atoms with Crippen LogP contribution in [0.3, 0.4) is 0 Å². The van der Waals surface area contributed by atoms with Gasteiger partial charge in [0.2, 0.25) is 0 Å². The van der Waals surface area contributed by atoms with Gasteiger partial charge in [0.15, 0.2) is 6.61 Å². The Morgan fingerprint density at radius 1 is 1.33 bits per heavy atom. The molecule has 0 aliphatic heterocycles. The first-order valence-electron chi connectivity index (χ1n) is 7.62. The summed E-state index contributed by atoms with van der Waals surface area (Å²) in [7, 11) is 0. The lowest BCUT2D eigenvalue weighted by Crippen LogP contribution is -2.28. The third-order valence-corrected chi connectivity index (χ3v) is 4.09. The van der Waals surface area contributed by atoms with Crippen molar-refractivity contribution in [1.29, 1.82) is 0 Å². The van der Waals surface area contributed by atoms with Crippen molar-refractivity contribution in [3.8, 4) is 5.75 Å². The number of nitrogens with one attached hydrogen (secondary N) is 1. The van der Waals surface area contributed by atoms with E-state index in [-0.39, 0.29) is 12.5 Å². The van der Waals surface area contributed by atoms with Crippen molar-refractivity contribution in [3.63, 3.8) is 0 Å². The number of fused-ring (bicyclic) bond motifs is 1. The minimum Gasteiger partial charge on any atom is -0.483 e. The second kappa shape index (κ2) is 6.93. The minimum atomic E-state index is -0.189. The normalized spacial score (nSPS) is 10.8. The van der Waals surface area contributed by atoms with Crippen molar-refractivity contribution >= 4 is 23.2 Å². The maximum atomic E-state index is 12.0. The molecule has 0 spiro atoms. The van der Waals surface area contributed by atoms with Gasteiger partial charge in [-0.05, 0) is 43.2 Å². The Kier molecular flexibility index (Phi) is 4.71. The molecule has 1 N–H and O–H groups in total. The molecule has 3 rings (SSSR count). The van der Waals surface area contributed by atoms with Gasteiger partial charge in [-0.3, -0.25) is 4.79 Å². The number of pyridine rings is 1. The van der Waals surface area contributed by atoms with E-state index in [1.807, 2.05) is 48.8 Å². The third-order valence-electron chi connectivity index (χ3n) is 3.85. The van der Waals surface area contributed by atoms with Crippen LogP contribution in [0.4, 0.5) is 0 Å². The van der Waals surface area contributed by atoms with Crippen LogP contribution in [0, 0.1) is 13.8 Å². The van der Waals surface area contributed by atoms with E-state index in [2.05, 4.69) is 10.3 Å². The number of aryl methyl sites for hydroxylation is 1. The SMILES string of the molecule is Cc1cccc(OCC(=O)NCc2cn3ccc(Cl)cc3n2)c1C. The van der Waals surface area contributed by atoms with Gasteiger partial charge in [0.05, 0.1) is 12.2 Å². The Morgan fingerprint density at radius 2 is 2.17 bits per heavy atom. The average Bonchev–Trinajstić information content (AvgIpc) is 2.96. The number of hydrogen-bond donors (Lipinski definition) is 1. The van der Waals surface area contributed by atoms with E-state index in [0.717, 1.165) is 28.2 Å². The summed E-state index contributed by atoms with van der Waals surface area (Å²) in [4.78, 5) is 16.4. The van der Waals surface area contributed by atoms with Crippen molar-refractivity contribution in [2.45, 2.75) is 20.4 Å². The van der Waals surface area contributed by atoms with Crippen LogP contribution < -0.4 is 10.1 Å². The minimum absolute atomic E-state index is 0.0243. The van der Waals surface area contributed by atoms with Crippen LogP contribution in [0.1, 0.15) is 16.8 Å². The number of benzene rings is 1. The molecule has 0 atom stereocenters. The molecule has 2 heterocycles. The lowest BCUT2D eigenvalue weighted by molar-refractivity contribution is -0.123. The zero-order chi connectivity index (χ0) is 17.1. The number of nitrogens with zero attached hydrogens (tertiary/aromatic N) is 2. The molecule has 0 fully saturated rings. The molecule has 0 aliphatic rings. The summed E-state index contributed by atoms with van der Waals surface area (Å²) in [5.41, 5.74) is 3.69. The summed E-state index contributed by atoms with van der Waals surface area (Å²) in [6, 6.07) is 9.35. The fraction of sp³-hybridized carbons (Fsp3) is 0.222. The Morgan fingerprint density at radius 3 is 3.00 bits per heavy atom. The highest BCUT2D eigenvalue weighted by Gasteiger charge is 2.08. The molecule has 2 aromatic heterocycles. The summed E-state index contributed by atoms with van der Waals surface area (Å²) in [5, 5.41) is 3.44. The maximum Gasteiger partial charge on any atom is 0.258 e. The van der Waals surface area contributed by atoms with Crippen LogP contribution in [-0.2, 0) is 11.3 Å². The molecule has 1 aromatic carbocycles. The van der Waals surface area contributed by atoms with Gasteiger partial charge in [0.1, 0.15) is 11.4 Å². The fourth-order valence-corrected chi connectivity index (χ4v) is 2.51. The number of amides is 1. The van der Waals surface area contributed by atoms with Crippen LogP contribution in [0.5, 0.6) is 5.75 Å². The number of halogens is 1. The highest BCUT2D eigenvalue weighted by Crippen LogP contribution is 2.20. The molecule has 0 saturated heterocycles. The lowest BCUT2D eigenvalue weighted by Gasteiger charge is -2.10. The van der Waals surface area contributed by atoms with E-state index in [1.165, 1.54) is 0 Å². The van der Waals surface area contributed by atoms with Crippen molar-refractivity contribution < 1.29 is 9.53 Å². The molecule has 5 nitrogen and oxygen atoms in total. The molecule has 124 valence electrons. The predicted molar refractivity (Wildman–Crippen MR) is 93.5 cm³/mol. The second-order valence-corrected chi connectivity index (χ2v) is 6.04. The first-order chi connectivity index (χ1) is 11.5. The Balaban J connectivity index is 1.55. The van der Waals surface area contributed by atoms with Crippen LogP contribution in [-0.4, -0.2) is 21.9 Å². The largest absolute Gasteiger partial charge is 0.483 e. The van der Waals surface area contributed by atoms with E-state index < -0.39 is 0 Å². The van der Waals surface area contributed by atoms with Crippen molar-refractivity contribution in [2.24, 2.45) is 0 Å². The van der Waals surface area contributed by atoms with Crippen molar-refractivity contribution in [2.75, 3.05) is 6.61 Å². The Labute approximate surface area is 145 Å². The topological polar surface area (TPSA) is 55.6 Å². The molecular weight excluding hydrogens is 326 g/mol. The Bertz CT molecular complexity index is 889. The Hall–Kier alpha value is -2.53. The zero-order valence-corrected chi connectivity index (χ0v) is 14.3. The maximum absolute atomic E-state index is 12.0. The number of carbonyl (C=O) groups is 1. The summed E-state index contributed by atoms with van der Waals surface area (Å²) in [6.45, 7) is 4.31. The standard InChI is InChI=1S/C18H18ClN3O2/c1-12-4-3-5-16(13(12)2)24-11-18(23)20-9-15-10-22-7-6-14(19)8-17(22)21-15/h3-8,10H,9,11H2,1-2H3,(H,20,23). The average molecular weight is 344 g/mol. The highest BCUT2D eigenvalue weighted by molar-refractivity contribution is 6.30. The summed E-state index contributed by atoms with van der Waals surface area (Å²) in [6.07, 6.45) is 3.69. The van der Waals surface area contributed by atoms with Gasteiger partial charge in [-0.25, -0.2) is 4.98 Å². The van der Waals surface area contributed by atoms with Crippen LogP contribution in [0.25, 0.3) is 5.65 Å². The van der Waals surface area contributed by atoms with Gasteiger partial charge in [-0.1, -0.05) is 23.7 Å². The molecule has 1 amide bonds. The van der Waals surface area contributed by atoms with Gasteiger partial charge in [0.25, 0.3) is 5.91 Å². The number of hydrogen-bond acceptors (Lipinski definition) is 3. The van der Waals surface area contributed by atoms with E-state index in [0.29, 0.717) is 11.6 Å². The fourth-order valence-electron chi connectivity index (χ4n) is 2.36. The number of rotatable bonds is 5. The van der Waals surface area contributed by atoms with Gasteiger partial charge in [-0.2, -0.15) is 0 Å². The monoisotopic (exact) mass is 343 g/mol. The quantitative estimate of drug-likeness (QED) is 0.773. The predicted octanol–water partition coefficient (Wildman–Crippen LogP) is 3.30. The first kappa shape index (κ1) is 16.3. The van der Waals surface area contributed by atoms with Gasteiger partial charge in [-0.15, -0.1) is 0 Å². The van der Waals surface area contributed by atoms with E-state index in [4.69, 9.17) is 16.3 Å². The van der Waals surface area contributed by atoms with Crippen LogP contribution in [0.2, 0.25) is 5.02 Å². The molecule has 0 radical (unpaired) electrons. The van der Waals surface area contributed by atoms with Gasteiger partial charge >= 0.3 is 0 Å². The third kappa shape index (κ3) is 3.68. The molecule has 0 bridgehead atoms. The number of imidazole rings is 1. The number of aromatic nitrogens is 2. The smallest absolute Gasteiger partial charge is 0.258 e. The molecule has 0 unspecified atom stereocenters. The molecule has 24 heavy (non-hydrogen) atoms. The van der Waals surface area contributed by atoms with Gasteiger partial charge < -0.3 is 14.5 Å². The molecule has 0 saturated carbocycles. The molecule has 6 heteroatoms. The lowest BCUT2D eigenvalue weighted by atomic mass is 10.1. The van der Waals surface area contributed by atoms with Crippen LogP contribution in [0.15, 0.2) is 42.7 Å².